The topological polar surface area (TPSA) is 26.3 Å². The van der Waals surface area contributed by atoms with Gasteiger partial charge in [0.25, 0.3) is 0 Å². The van der Waals surface area contributed by atoms with Crippen molar-refractivity contribution in [3.05, 3.63) is 181 Å². The Morgan fingerprint density at radius 3 is 1.70 bits per heavy atom. The van der Waals surface area contributed by atoms with Gasteiger partial charge in [-0.2, -0.15) is 0 Å². The average Bonchev–Trinajstić information content (AvgIpc) is 3.90. The van der Waals surface area contributed by atoms with Crippen molar-refractivity contribution in [2.75, 3.05) is 0 Å². The Kier molecular flexibility index (Phi) is 6.00. The molecule has 0 aliphatic heterocycles. The Morgan fingerprint density at radius 1 is 0.333 bits per heavy atom. The van der Waals surface area contributed by atoms with Crippen LogP contribution in [0, 0.1) is 0 Å². The monoisotopic (exact) mass is 726 g/mol. The van der Waals surface area contributed by atoms with Gasteiger partial charge in [-0.05, 0) is 131 Å². The first-order valence-corrected chi connectivity index (χ1v) is 19.8. The third-order valence-electron chi connectivity index (χ3n) is 13.0. The highest BCUT2D eigenvalue weighted by Gasteiger charge is 2.37. The number of hydrogen-bond donors (Lipinski definition) is 0. The second-order valence-electron chi connectivity index (χ2n) is 16.4. The van der Waals surface area contributed by atoms with Gasteiger partial charge in [-0.15, -0.1) is 0 Å². The fraction of sp³-hybridized carbons (Fsp3) is 0.0545. The van der Waals surface area contributed by atoms with E-state index in [1.807, 2.05) is 6.07 Å². The molecule has 0 unspecified atom stereocenters. The standard InChI is InChI=1S/C55H34O2/c1-55(2)47-17-9-7-16-42(47)52-38-14-5-3-11-34(38)43(30-48(52)55)33-21-26-51-46(29-33)45-28-32(20-25-50(45)56-51)31-19-22-36-40-23-24-41-37-13-8-10-18-49(37)57-54(41)53(40)39-15-6-4-12-35(39)44(36)27-31/h3-30H,1-2H3. The van der Waals surface area contributed by atoms with Crippen molar-refractivity contribution in [1.82, 2.24) is 0 Å². The summed E-state index contributed by atoms with van der Waals surface area (Å²) in [6.45, 7) is 4.73. The maximum Gasteiger partial charge on any atom is 0.143 e. The van der Waals surface area contributed by atoms with E-state index < -0.39 is 0 Å². The summed E-state index contributed by atoms with van der Waals surface area (Å²) in [6, 6.07) is 62.2. The van der Waals surface area contributed by atoms with Crippen LogP contribution in [-0.4, -0.2) is 0 Å². The molecular weight excluding hydrogens is 693 g/mol. The van der Waals surface area contributed by atoms with E-state index in [2.05, 4.69) is 178 Å². The summed E-state index contributed by atoms with van der Waals surface area (Å²) in [4.78, 5) is 0. The molecule has 0 radical (unpaired) electrons. The van der Waals surface area contributed by atoms with Crippen LogP contribution in [-0.2, 0) is 5.41 Å². The molecule has 1 aliphatic carbocycles. The van der Waals surface area contributed by atoms with Crippen molar-refractivity contribution in [2.24, 2.45) is 0 Å². The number of furan rings is 2. The lowest BCUT2D eigenvalue weighted by molar-refractivity contribution is 0.661. The van der Waals surface area contributed by atoms with Crippen molar-refractivity contribution >= 4 is 87.0 Å². The number of fused-ring (bicyclic) bond motifs is 18. The van der Waals surface area contributed by atoms with Crippen molar-refractivity contribution in [3.8, 4) is 33.4 Å². The molecule has 2 nitrogen and oxygen atoms in total. The fourth-order valence-corrected chi connectivity index (χ4v) is 10.3. The van der Waals surface area contributed by atoms with Crippen LogP contribution in [0.4, 0.5) is 0 Å². The molecule has 2 heterocycles. The van der Waals surface area contributed by atoms with Gasteiger partial charge in [0.05, 0.1) is 0 Å². The molecule has 2 aromatic heterocycles. The smallest absolute Gasteiger partial charge is 0.143 e. The number of hydrogen-bond acceptors (Lipinski definition) is 2. The third kappa shape index (κ3) is 4.14. The molecule has 0 spiro atoms. The lowest BCUT2D eigenvalue weighted by Crippen LogP contribution is -2.15. The largest absolute Gasteiger partial charge is 0.456 e. The van der Waals surface area contributed by atoms with Crippen LogP contribution in [0.2, 0.25) is 0 Å². The van der Waals surface area contributed by atoms with Crippen LogP contribution in [0.5, 0.6) is 0 Å². The molecule has 12 aromatic rings. The van der Waals surface area contributed by atoms with Gasteiger partial charge < -0.3 is 8.83 Å². The van der Waals surface area contributed by atoms with E-state index in [4.69, 9.17) is 8.83 Å². The summed E-state index contributed by atoms with van der Waals surface area (Å²) >= 11 is 0. The highest BCUT2D eigenvalue weighted by molar-refractivity contribution is 6.32. The zero-order valence-corrected chi connectivity index (χ0v) is 31.5. The summed E-state index contributed by atoms with van der Waals surface area (Å²) in [5, 5.41) is 14.4. The molecule has 0 bridgehead atoms. The van der Waals surface area contributed by atoms with Crippen molar-refractivity contribution < 1.29 is 8.83 Å². The zero-order chi connectivity index (χ0) is 37.6. The van der Waals surface area contributed by atoms with Crippen LogP contribution >= 0.6 is 0 Å². The van der Waals surface area contributed by atoms with Gasteiger partial charge in [0, 0.05) is 32.3 Å². The van der Waals surface area contributed by atoms with Gasteiger partial charge in [-0.3, -0.25) is 0 Å². The van der Waals surface area contributed by atoms with Crippen LogP contribution in [0.3, 0.4) is 0 Å². The number of para-hydroxylation sites is 1. The van der Waals surface area contributed by atoms with Crippen LogP contribution in [0.1, 0.15) is 25.0 Å². The molecule has 10 aromatic carbocycles. The first kappa shape index (κ1) is 31.1. The lowest BCUT2D eigenvalue weighted by atomic mass is 9.80. The van der Waals surface area contributed by atoms with E-state index in [-0.39, 0.29) is 5.41 Å². The Bertz CT molecular complexity index is 3700. The molecular formula is C55H34O2. The summed E-state index contributed by atoms with van der Waals surface area (Å²) in [5.74, 6) is 0. The highest BCUT2D eigenvalue weighted by Crippen LogP contribution is 2.53. The summed E-state index contributed by atoms with van der Waals surface area (Å²) < 4.78 is 13.1. The van der Waals surface area contributed by atoms with Gasteiger partial charge in [-0.1, -0.05) is 135 Å². The minimum Gasteiger partial charge on any atom is -0.456 e. The lowest BCUT2D eigenvalue weighted by Gasteiger charge is -2.23. The number of benzene rings is 10. The summed E-state index contributed by atoms with van der Waals surface area (Å²) in [7, 11) is 0. The van der Waals surface area contributed by atoms with Crippen molar-refractivity contribution in [2.45, 2.75) is 19.3 Å². The molecule has 13 rings (SSSR count). The van der Waals surface area contributed by atoms with Gasteiger partial charge in [-0.25, -0.2) is 0 Å². The molecule has 57 heavy (non-hydrogen) atoms. The molecule has 0 fully saturated rings. The SMILES string of the molecule is CC1(C)c2ccccc2-c2c1cc(-c1ccc3oc4ccc(-c5ccc6c(c5)c5ccccc5c5c6ccc6c7ccccc7oc65)cc4c3c1)c1ccccc21. The first-order chi connectivity index (χ1) is 28.0. The normalized spacial score (nSPS) is 13.6. The van der Waals surface area contributed by atoms with Crippen LogP contribution < -0.4 is 0 Å². The summed E-state index contributed by atoms with van der Waals surface area (Å²) in [5.41, 5.74) is 13.9. The zero-order valence-electron chi connectivity index (χ0n) is 31.5. The maximum atomic E-state index is 6.57. The van der Waals surface area contributed by atoms with Gasteiger partial charge in [0.1, 0.15) is 22.3 Å². The fourth-order valence-electron chi connectivity index (χ4n) is 10.3. The second kappa shape index (κ2) is 11.0. The Morgan fingerprint density at radius 2 is 0.877 bits per heavy atom. The highest BCUT2D eigenvalue weighted by atomic mass is 16.3. The Balaban J connectivity index is 0.991. The predicted molar refractivity (Wildman–Crippen MR) is 239 cm³/mol. The number of rotatable bonds is 2. The van der Waals surface area contributed by atoms with E-state index in [1.54, 1.807) is 0 Å². The molecule has 1 aliphatic rings. The minimum absolute atomic E-state index is 0.0941. The molecule has 266 valence electrons. The van der Waals surface area contributed by atoms with E-state index in [0.717, 1.165) is 49.4 Å². The van der Waals surface area contributed by atoms with Crippen LogP contribution in [0.25, 0.3) is 120 Å². The Hall–Kier alpha value is -7.16. The van der Waals surface area contributed by atoms with E-state index in [9.17, 15) is 0 Å². The van der Waals surface area contributed by atoms with Gasteiger partial charge in [0.2, 0.25) is 0 Å². The minimum atomic E-state index is -0.0941. The molecule has 0 amide bonds. The van der Waals surface area contributed by atoms with E-state index in [1.165, 1.54) is 82.0 Å². The van der Waals surface area contributed by atoms with Gasteiger partial charge >= 0.3 is 0 Å². The van der Waals surface area contributed by atoms with Crippen molar-refractivity contribution in [1.29, 1.82) is 0 Å². The molecule has 0 saturated heterocycles. The van der Waals surface area contributed by atoms with E-state index >= 15 is 0 Å². The maximum absolute atomic E-state index is 6.57. The molecule has 2 heteroatoms. The molecule has 0 saturated carbocycles. The van der Waals surface area contributed by atoms with Crippen LogP contribution in [0.15, 0.2) is 179 Å². The quantitative estimate of drug-likeness (QED) is 0.166. The van der Waals surface area contributed by atoms with E-state index in [0.29, 0.717) is 0 Å². The summed E-state index contributed by atoms with van der Waals surface area (Å²) in [6.07, 6.45) is 0. The molecule has 0 atom stereocenters. The predicted octanol–water partition coefficient (Wildman–Crippen LogP) is 15.7. The average molecular weight is 727 g/mol. The Labute approximate surface area is 328 Å². The van der Waals surface area contributed by atoms with Crippen molar-refractivity contribution in [3.63, 3.8) is 0 Å². The third-order valence-corrected chi connectivity index (χ3v) is 13.0. The molecule has 0 N–H and O–H groups in total. The van der Waals surface area contributed by atoms with Gasteiger partial charge in [0.15, 0.2) is 0 Å². The second-order valence-corrected chi connectivity index (χ2v) is 16.4. The first-order valence-electron chi connectivity index (χ1n) is 19.8.